The number of nitrogens with zero attached hydrogens (tertiary/aromatic N) is 1. The van der Waals surface area contributed by atoms with Crippen LogP contribution in [0.1, 0.15) is 26.5 Å². The quantitative estimate of drug-likeness (QED) is 0.928. The van der Waals surface area contributed by atoms with Crippen LogP contribution in [0.25, 0.3) is 6.08 Å². The Morgan fingerprint density at radius 1 is 1.65 bits per heavy atom. The van der Waals surface area contributed by atoms with Gasteiger partial charge in [-0.3, -0.25) is 0 Å². The predicted octanol–water partition coefficient (Wildman–Crippen LogP) is 3.44. The Kier molecular flexibility index (Phi) is 5.14. The van der Waals surface area contributed by atoms with E-state index in [0.29, 0.717) is 6.54 Å². The normalized spacial score (nSPS) is 11.8. The van der Waals surface area contributed by atoms with E-state index in [9.17, 15) is 4.79 Å². The second-order valence-electron chi connectivity index (χ2n) is 4.31. The summed E-state index contributed by atoms with van der Waals surface area (Å²) in [6.45, 7) is 5.91. The number of carbonyl (C=O) groups excluding carboxylic acids is 1. The summed E-state index contributed by atoms with van der Waals surface area (Å²) >= 11 is 4.80. The lowest BCUT2D eigenvalue weighted by Gasteiger charge is -2.19. The number of aromatic nitrogens is 1. The molecule has 0 atom stereocenters. The summed E-state index contributed by atoms with van der Waals surface area (Å²) in [6, 6.07) is 0. The fourth-order valence-corrected chi connectivity index (χ4v) is 1.97. The molecule has 1 N–H and O–H groups in total. The minimum Gasteiger partial charge on any atom is -0.444 e. The summed E-state index contributed by atoms with van der Waals surface area (Å²) in [6.07, 6.45) is 3.26. The number of rotatable bonds is 3. The highest BCUT2D eigenvalue weighted by Gasteiger charge is 2.14. The number of nitrogens with one attached hydrogen (secondary N) is 1. The van der Waals surface area contributed by atoms with Crippen LogP contribution in [0.5, 0.6) is 0 Å². The summed E-state index contributed by atoms with van der Waals surface area (Å²) in [5, 5.41) is 4.56. The predicted molar refractivity (Wildman–Crippen MR) is 73.1 cm³/mol. The minimum atomic E-state index is -0.465. The van der Waals surface area contributed by atoms with Crippen LogP contribution in [0.2, 0.25) is 0 Å². The van der Waals surface area contributed by atoms with Gasteiger partial charge in [0, 0.05) is 11.9 Å². The van der Waals surface area contributed by atoms with Crippen molar-refractivity contribution in [3.63, 3.8) is 0 Å². The number of hydrogen-bond donors (Lipinski definition) is 1. The molecular formula is C11H15BrN2O2S. The first-order chi connectivity index (χ1) is 7.87. The zero-order valence-corrected chi connectivity index (χ0v) is 12.4. The second-order valence-corrected chi connectivity index (χ2v) is 6.44. The van der Waals surface area contributed by atoms with Crippen LogP contribution in [-0.4, -0.2) is 23.2 Å². The van der Waals surface area contributed by atoms with Gasteiger partial charge < -0.3 is 10.1 Å². The number of alkyl carbamates (subject to hydrolysis) is 1. The van der Waals surface area contributed by atoms with E-state index in [2.05, 4.69) is 26.2 Å². The molecule has 1 aromatic rings. The summed E-state index contributed by atoms with van der Waals surface area (Å²) in [5.41, 5.74) is 0.404. The Morgan fingerprint density at radius 3 is 2.88 bits per heavy atom. The summed E-state index contributed by atoms with van der Waals surface area (Å²) in [7, 11) is 0. The van der Waals surface area contributed by atoms with Crippen LogP contribution < -0.4 is 5.32 Å². The number of hydrogen-bond acceptors (Lipinski definition) is 4. The molecule has 0 saturated heterocycles. The Balaban J connectivity index is 2.28. The highest BCUT2D eigenvalue weighted by molar-refractivity contribution is 9.11. The molecule has 1 rings (SSSR count). The first-order valence-corrected chi connectivity index (χ1v) is 6.78. The van der Waals surface area contributed by atoms with Crippen LogP contribution in [-0.2, 0) is 4.74 Å². The molecule has 1 amide bonds. The van der Waals surface area contributed by atoms with Crippen molar-refractivity contribution in [1.82, 2.24) is 10.3 Å². The summed E-state index contributed by atoms with van der Waals surface area (Å²) in [5.74, 6) is 0. The second kappa shape index (κ2) is 6.16. The van der Waals surface area contributed by atoms with Crippen molar-refractivity contribution in [1.29, 1.82) is 0 Å². The zero-order valence-electron chi connectivity index (χ0n) is 9.99. The molecule has 4 nitrogen and oxygen atoms in total. The number of halogens is 1. The first-order valence-electron chi connectivity index (χ1n) is 5.11. The standard InChI is InChI=1S/C11H15BrN2O2S/c1-11(2,3)16-10(15)13-6-4-5-8-7-17-9(12)14-8/h4-5,7H,6H2,1-3H3,(H,13,15). The van der Waals surface area contributed by atoms with Crippen molar-refractivity contribution >= 4 is 39.4 Å². The van der Waals surface area contributed by atoms with E-state index in [1.165, 1.54) is 11.3 Å². The van der Waals surface area contributed by atoms with Crippen molar-refractivity contribution in [2.75, 3.05) is 6.54 Å². The van der Waals surface area contributed by atoms with E-state index in [-0.39, 0.29) is 0 Å². The maximum absolute atomic E-state index is 11.3. The molecule has 1 aromatic heterocycles. The number of carbonyl (C=O) groups is 1. The van der Waals surface area contributed by atoms with Gasteiger partial charge >= 0.3 is 6.09 Å². The van der Waals surface area contributed by atoms with Gasteiger partial charge in [-0.15, -0.1) is 11.3 Å². The van der Waals surface area contributed by atoms with Crippen molar-refractivity contribution in [3.8, 4) is 0 Å². The third-order valence-corrected chi connectivity index (χ3v) is 2.93. The van der Waals surface area contributed by atoms with Crippen LogP contribution in [0.4, 0.5) is 4.79 Å². The SMILES string of the molecule is CC(C)(C)OC(=O)NCC=Cc1csc(Br)n1. The number of thiazole rings is 1. The average Bonchev–Trinajstić information content (AvgIpc) is 2.56. The van der Waals surface area contributed by atoms with Gasteiger partial charge in [0.05, 0.1) is 5.69 Å². The van der Waals surface area contributed by atoms with Gasteiger partial charge in [-0.25, -0.2) is 9.78 Å². The molecule has 17 heavy (non-hydrogen) atoms. The third kappa shape index (κ3) is 6.43. The van der Waals surface area contributed by atoms with Crippen LogP contribution in [0, 0.1) is 0 Å². The Morgan fingerprint density at radius 2 is 2.35 bits per heavy atom. The van der Waals surface area contributed by atoms with Crippen LogP contribution >= 0.6 is 27.3 Å². The Hall–Kier alpha value is -0.880. The van der Waals surface area contributed by atoms with Crippen LogP contribution in [0.3, 0.4) is 0 Å². The minimum absolute atomic E-state index is 0.415. The first kappa shape index (κ1) is 14.2. The fourth-order valence-electron chi connectivity index (χ4n) is 0.976. The smallest absolute Gasteiger partial charge is 0.407 e. The molecule has 1 heterocycles. The van der Waals surface area contributed by atoms with E-state index in [0.717, 1.165) is 9.61 Å². The molecular weight excluding hydrogens is 304 g/mol. The summed E-state index contributed by atoms with van der Waals surface area (Å²) in [4.78, 5) is 15.5. The van der Waals surface area contributed by atoms with Gasteiger partial charge in [0.1, 0.15) is 5.60 Å². The van der Waals surface area contributed by atoms with Crippen molar-refractivity contribution in [2.24, 2.45) is 0 Å². The largest absolute Gasteiger partial charge is 0.444 e. The molecule has 0 radical (unpaired) electrons. The fraction of sp³-hybridized carbons (Fsp3) is 0.455. The van der Waals surface area contributed by atoms with Gasteiger partial charge in [-0.1, -0.05) is 6.08 Å². The number of amides is 1. The van der Waals surface area contributed by atoms with E-state index < -0.39 is 11.7 Å². The lowest BCUT2D eigenvalue weighted by molar-refractivity contribution is 0.0534. The molecule has 0 aliphatic heterocycles. The average molecular weight is 319 g/mol. The zero-order chi connectivity index (χ0) is 12.9. The van der Waals surface area contributed by atoms with Gasteiger partial charge in [0.25, 0.3) is 0 Å². The molecule has 0 fully saturated rings. The van der Waals surface area contributed by atoms with Gasteiger partial charge in [0.2, 0.25) is 0 Å². The van der Waals surface area contributed by atoms with Crippen LogP contribution in [0.15, 0.2) is 15.4 Å². The van der Waals surface area contributed by atoms with Crippen molar-refractivity contribution < 1.29 is 9.53 Å². The highest BCUT2D eigenvalue weighted by atomic mass is 79.9. The Labute approximate surface area is 113 Å². The van der Waals surface area contributed by atoms with Crippen molar-refractivity contribution in [3.05, 3.63) is 21.1 Å². The van der Waals surface area contributed by atoms with Crippen molar-refractivity contribution in [2.45, 2.75) is 26.4 Å². The molecule has 0 unspecified atom stereocenters. The van der Waals surface area contributed by atoms with E-state index in [1.54, 1.807) is 0 Å². The molecule has 0 bridgehead atoms. The Bertz CT molecular complexity index is 410. The number of ether oxygens (including phenoxy) is 1. The molecule has 0 aromatic carbocycles. The lowest BCUT2D eigenvalue weighted by atomic mass is 10.2. The monoisotopic (exact) mass is 318 g/mol. The molecule has 6 heteroatoms. The van der Waals surface area contributed by atoms with E-state index >= 15 is 0 Å². The molecule has 0 aliphatic rings. The topological polar surface area (TPSA) is 51.2 Å². The van der Waals surface area contributed by atoms with Gasteiger partial charge in [-0.05, 0) is 42.8 Å². The molecule has 0 spiro atoms. The highest BCUT2D eigenvalue weighted by Crippen LogP contribution is 2.16. The molecule has 0 saturated carbocycles. The third-order valence-electron chi connectivity index (χ3n) is 1.55. The maximum Gasteiger partial charge on any atom is 0.407 e. The van der Waals surface area contributed by atoms with Gasteiger partial charge in [0.15, 0.2) is 3.92 Å². The molecule has 94 valence electrons. The van der Waals surface area contributed by atoms with Gasteiger partial charge in [-0.2, -0.15) is 0 Å². The maximum atomic E-state index is 11.3. The lowest BCUT2D eigenvalue weighted by Crippen LogP contribution is -2.32. The summed E-state index contributed by atoms with van der Waals surface area (Å²) < 4.78 is 5.93. The van der Waals surface area contributed by atoms with E-state index in [1.807, 2.05) is 38.3 Å². The molecule has 0 aliphatic carbocycles. The van der Waals surface area contributed by atoms with E-state index in [4.69, 9.17) is 4.74 Å².